The summed E-state index contributed by atoms with van der Waals surface area (Å²) < 4.78 is 27.5. The Kier molecular flexibility index (Phi) is 20.8. The summed E-state index contributed by atoms with van der Waals surface area (Å²) >= 11 is 0. The maximum absolute atomic E-state index is 12.7. The van der Waals surface area contributed by atoms with Crippen LogP contribution < -0.4 is 10.6 Å². The Balaban J connectivity index is 1.37. The second-order valence-corrected chi connectivity index (χ2v) is 14.0. The Morgan fingerprint density at radius 3 is 1.92 bits per heavy atom. The van der Waals surface area contributed by atoms with E-state index in [1.54, 1.807) is 0 Å². The molecule has 2 aliphatic heterocycles. The summed E-state index contributed by atoms with van der Waals surface area (Å²) in [5, 5.41) is 45.0. The number of likely N-dealkylation sites (tertiary alicyclic amines) is 1. The highest BCUT2D eigenvalue weighted by Crippen LogP contribution is 2.48. The zero-order valence-corrected chi connectivity index (χ0v) is 30.7. The maximum Gasteiger partial charge on any atom is 0.222 e. The molecule has 0 saturated carbocycles. The number of aliphatic hydroxyl groups excluding tert-OH is 4. The molecule has 3 unspecified atom stereocenters. The van der Waals surface area contributed by atoms with Crippen LogP contribution in [0.5, 0.6) is 0 Å². The number of hydrogen-bond acceptors (Lipinski definition) is 12. The number of nitrogens with one attached hydrogen (secondary N) is 2. The summed E-state index contributed by atoms with van der Waals surface area (Å²) in [4.78, 5) is 38.2. The number of carbonyl (C=O) groups excluding carboxylic acids is 3. The van der Waals surface area contributed by atoms with Crippen molar-refractivity contribution < 1.29 is 58.5 Å². The Hall–Kier alpha value is -1.95. The lowest BCUT2D eigenvalue weighted by Gasteiger charge is -2.42. The van der Waals surface area contributed by atoms with Gasteiger partial charge in [-0.1, -0.05) is 46.5 Å². The average Bonchev–Trinajstić information content (AvgIpc) is 3.37. The van der Waals surface area contributed by atoms with Crippen molar-refractivity contribution in [3.05, 3.63) is 0 Å². The van der Waals surface area contributed by atoms with Gasteiger partial charge in [-0.15, -0.1) is 0 Å². The fourth-order valence-corrected chi connectivity index (χ4v) is 6.39. The van der Waals surface area contributed by atoms with Gasteiger partial charge in [0.25, 0.3) is 0 Å². The number of nitrogens with zero attached hydrogens (tertiary/aromatic N) is 1. The molecule has 292 valence electrons. The molecule has 2 rings (SSSR count). The molecule has 15 heteroatoms. The summed E-state index contributed by atoms with van der Waals surface area (Å²) in [6.45, 7) is 11.1. The second-order valence-electron chi connectivity index (χ2n) is 14.0. The van der Waals surface area contributed by atoms with Crippen LogP contribution in [0.15, 0.2) is 0 Å². The molecule has 6 N–H and O–H groups in total. The van der Waals surface area contributed by atoms with Gasteiger partial charge in [-0.2, -0.15) is 0 Å². The molecule has 15 nitrogen and oxygen atoms in total. The van der Waals surface area contributed by atoms with E-state index in [0.29, 0.717) is 59.0 Å². The Morgan fingerprint density at radius 2 is 1.36 bits per heavy atom. The summed E-state index contributed by atoms with van der Waals surface area (Å²) in [6.07, 6.45) is 2.92. The minimum Gasteiger partial charge on any atom is -0.396 e. The van der Waals surface area contributed by atoms with Gasteiger partial charge in [0.05, 0.1) is 59.5 Å². The summed E-state index contributed by atoms with van der Waals surface area (Å²) in [6, 6.07) is -0.997. The number of amides is 3. The lowest BCUT2D eigenvalue weighted by atomic mass is 9.67. The quantitative estimate of drug-likeness (QED) is 0.0676. The summed E-state index contributed by atoms with van der Waals surface area (Å²) in [5.41, 5.74) is -0.291. The molecule has 50 heavy (non-hydrogen) atoms. The van der Waals surface area contributed by atoms with Crippen molar-refractivity contribution in [2.75, 3.05) is 79.1 Å². The first kappa shape index (κ1) is 44.2. The van der Waals surface area contributed by atoms with Crippen molar-refractivity contribution in [3.63, 3.8) is 0 Å². The Morgan fingerprint density at radius 1 is 0.800 bits per heavy atom. The van der Waals surface area contributed by atoms with Gasteiger partial charge >= 0.3 is 0 Å². The van der Waals surface area contributed by atoms with Crippen LogP contribution in [-0.4, -0.2) is 153 Å². The predicted octanol–water partition coefficient (Wildman–Crippen LogP) is 0.491. The van der Waals surface area contributed by atoms with E-state index in [0.717, 1.165) is 51.5 Å². The van der Waals surface area contributed by atoms with E-state index in [4.69, 9.17) is 23.7 Å². The number of rotatable bonds is 26. The molecule has 7 atom stereocenters. The van der Waals surface area contributed by atoms with E-state index in [2.05, 4.69) is 31.4 Å². The average molecular weight is 720 g/mol. The highest BCUT2D eigenvalue weighted by atomic mass is 16.7. The molecule has 2 fully saturated rings. The van der Waals surface area contributed by atoms with Crippen LogP contribution in [0.1, 0.15) is 85.5 Å². The fourth-order valence-electron chi connectivity index (χ4n) is 6.39. The van der Waals surface area contributed by atoms with Gasteiger partial charge < -0.3 is 59.6 Å². The van der Waals surface area contributed by atoms with Crippen LogP contribution >= 0.6 is 0 Å². The van der Waals surface area contributed by atoms with E-state index >= 15 is 0 Å². The van der Waals surface area contributed by atoms with Gasteiger partial charge in [0, 0.05) is 44.8 Å². The minimum atomic E-state index is -1.37. The molecule has 0 aliphatic carbocycles. The first-order valence-corrected chi connectivity index (χ1v) is 18.3. The number of hydrogen-bond donors (Lipinski definition) is 6. The van der Waals surface area contributed by atoms with Gasteiger partial charge in [-0.25, -0.2) is 0 Å². The number of ether oxygens (including phenoxy) is 5. The van der Waals surface area contributed by atoms with Gasteiger partial charge in [0.2, 0.25) is 17.7 Å². The zero-order valence-electron chi connectivity index (χ0n) is 30.7. The van der Waals surface area contributed by atoms with Crippen LogP contribution in [0.4, 0.5) is 0 Å². The van der Waals surface area contributed by atoms with Crippen LogP contribution in [0.25, 0.3) is 0 Å². The molecule has 3 amide bonds. The summed E-state index contributed by atoms with van der Waals surface area (Å²) in [7, 11) is 0. The largest absolute Gasteiger partial charge is 0.396 e. The van der Waals surface area contributed by atoms with Crippen molar-refractivity contribution in [2.45, 2.75) is 116 Å². The molecule has 0 aromatic heterocycles. The van der Waals surface area contributed by atoms with Crippen molar-refractivity contribution >= 4 is 17.7 Å². The molecular formula is C35H65N3O12. The van der Waals surface area contributed by atoms with E-state index in [1.807, 2.05) is 4.90 Å². The number of carbonyl (C=O) groups is 3. The zero-order chi connectivity index (χ0) is 37.0. The van der Waals surface area contributed by atoms with Crippen molar-refractivity contribution in [1.29, 1.82) is 0 Å². The van der Waals surface area contributed by atoms with Crippen LogP contribution in [0.3, 0.4) is 0 Å². The van der Waals surface area contributed by atoms with Gasteiger partial charge in [-0.3, -0.25) is 14.4 Å². The monoisotopic (exact) mass is 719 g/mol. The third kappa shape index (κ3) is 14.6. The standard InChI is InChI=1S/C35H65N3O12/c1-5-34(3)23-38(24-35(34,4)25-40)29(43)13-11-9-7-6-8-10-12-28(42)36-14-15-46-16-17-47-18-19-48-20-21-49-33-30(37-26(2)41)32(45)31(44)27(22-39)50-33/h27,30-33,39-40,44-45H,5-25H2,1-4H3,(H,36,42)(H,37,41)/t27-,30-,31+,32-,33?,34?,35?/m1/s1. The molecule has 0 aromatic rings. The van der Waals surface area contributed by atoms with E-state index < -0.39 is 43.2 Å². The molecule has 2 saturated heterocycles. The van der Waals surface area contributed by atoms with Crippen molar-refractivity contribution in [3.8, 4) is 0 Å². The molecule has 2 heterocycles. The minimum absolute atomic E-state index is 0.0128. The number of unbranched alkanes of at least 4 members (excludes halogenated alkanes) is 5. The third-order valence-electron chi connectivity index (χ3n) is 10.1. The molecule has 2 aliphatic rings. The first-order chi connectivity index (χ1) is 23.9. The molecular weight excluding hydrogens is 654 g/mol. The number of aliphatic hydroxyl groups is 4. The topological polar surface area (TPSA) is 206 Å². The highest BCUT2D eigenvalue weighted by Gasteiger charge is 2.51. The van der Waals surface area contributed by atoms with E-state index in [9.17, 15) is 34.8 Å². The van der Waals surface area contributed by atoms with E-state index in [1.165, 1.54) is 6.92 Å². The molecule has 0 aromatic carbocycles. The Labute approximate surface area is 297 Å². The van der Waals surface area contributed by atoms with Crippen LogP contribution in [0.2, 0.25) is 0 Å². The lowest BCUT2D eigenvalue weighted by Crippen LogP contribution is -2.64. The predicted molar refractivity (Wildman–Crippen MR) is 184 cm³/mol. The molecule has 0 radical (unpaired) electrons. The fraction of sp³-hybridized carbons (Fsp3) is 0.914. The third-order valence-corrected chi connectivity index (χ3v) is 10.1. The Bertz CT molecular complexity index is 975. The van der Waals surface area contributed by atoms with Gasteiger partial charge in [-0.05, 0) is 24.7 Å². The van der Waals surface area contributed by atoms with E-state index in [-0.39, 0.29) is 42.5 Å². The second kappa shape index (κ2) is 23.6. The van der Waals surface area contributed by atoms with Gasteiger partial charge in [0.1, 0.15) is 24.4 Å². The van der Waals surface area contributed by atoms with Crippen LogP contribution in [-0.2, 0) is 38.1 Å². The normalized spacial score (nSPS) is 28.2. The highest BCUT2D eigenvalue weighted by molar-refractivity contribution is 5.77. The SMILES string of the molecule is CCC1(C)CN(C(=O)CCCCCCCCC(=O)NCCOCCOCCOCCOC2O[C@H](CO)[C@H](O)[C@H](O)[C@H]2NC(C)=O)CC1(C)CO. The van der Waals surface area contributed by atoms with Crippen molar-refractivity contribution in [2.24, 2.45) is 10.8 Å². The molecule has 0 spiro atoms. The van der Waals surface area contributed by atoms with Crippen molar-refractivity contribution in [1.82, 2.24) is 15.5 Å². The first-order valence-electron chi connectivity index (χ1n) is 18.3. The van der Waals surface area contributed by atoms with Gasteiger partial charge in [0.15, 0.2) is 6.29 Å². The van der Waals surface area contributed by atoms with Crippen LogP contribution in [0, 0.1) is 10.8 Å². The summed E-state index contributed by atoms with van der Waals surface area (Å²) in [5.74, 6) is -0.221. The maximum atomic E-state index is 12.7. The molecule has 0 bridgehead atoms. The lowest BCUT2D eigenvalue weighted by molar-refractivity contribution is -0.272. The smallest absolute Gasteiger partial charge is 0.222 e.